The van der Waals surface area contributed by atoms with Gasteiger partial charge in [0.15, 0.2) is 11.5 Å². The van der Waals surface area contributed by atoms with Gasteiger partial charge in [-0.3, -0.25) is 4.79 Å². The minimum absolute atomic E-state index is 0.00667. The van der Waals surface area contributed by atoms with E-state index in [1.54, 1.807) is 24.5 Å². The molecule has 1 atom stereocenters. The third-order valence-electron chi connectivity index (χ3n) is 4.00. The summed E-state index contributed by atoms with van der Waals surface area (Å²) >= 11 is 0. The van der Waals surface area contributed by atoms with Crippen molar-refractivity contribution in [3.63, 3.8) is 0 Å². The molecule has 4 rings (SSSR count). The number of rotatable bonds is 2. The fourth-order valence-corrected chi connectivity index (χ4v) is 2.98. The molecule has 0 unspecified atom stereocenters. The Morgan fingerprint density at radius 2 is 2.10 bits per heavy atom. The monoisotopic (exact) mass is 285 g/mol. The average Bonchev–Trinajstić information content (AvgIpc) is 3.24. The van der Waals surface area contributed by atoms with Crippen LogP contribution < -0.4 is 9.47 Å². The number of hydrogen-bond acceptors (Lipinski definition) is 4. The third kappa shape index (κ3) is 2.05. The molecule has 0 aliphatic carbocycles. The number of carbonyl (C=O) groups excluding carboxylic acids is 1. The molecule has 2 aliphatic heterocycles. The highest BCUT2D eigenvalue weighted by molar-refractivity contribution is 5.95. The minimum Gasteiger partial charge on any atom is -0.467 e. The Kier molecular flexibility index (Phi) is 2.84. The Morgan fingerprint density at radius 3 is 2.95 bits per heavy atom. The van der Waals surface area contributed by atoms with Crippen molar-refractivity contribution in [3.8, 4) is 11.5 Å². The van der Waals surface area contributed by atoms with E-state index in [9.17, 15) is 4.79 Å². The number of carbonyl (C=O) groups is 1. The highest BCUT2D eigenvalue weighted by Crippen LogP contribution is 2.36. The van der Waals surface area contributed by atoms with Crippen LogP contribution in [0.15, 0.2) is 41.0 Å². The first-order chi connectivity index (χ1) is 10.3. The summed E-state index contributed by atoms with van der Waals surface area (Å²) in [5.74, 6) is 2.18. The summed E-state index contributed by atoms with van der Waals surface area (Å²) in [6.45, 7) is 0.963. The highest BCUT2D eigenvalue weighted by Gasteiger charge is 2.32. The van der Waals surface area contributed by atoms with Crippen LogP contribution >= 0.6 is 0 Å². The first kappa shape index (κ1) is 12.3. The van der Waals surface area contributed by atoms with Gasteiger partial charge in [0.2, 0.25) is 6.79 Å². The number of nitrogens with zero attached hydrogens (tertiary/aromatic N) is 1. The Morgan fingerprint density at radius 1 is 1.19 bits per heavy atom. The van der Waals surface area contributed by atoms with E-state index < -0.39 is 0 Å². The van der Waals surface area contributed by atoms with E-state index in [1.807, 2.05) is 17.0 Å². The zero-order valence-electron chi connectivity index (χ0n) is 11.5. The summed E-state index contributed by atoms with van der Waals surface area (Å²) in [5.41, 5.74) is 0.623. The lowest BCUT2D eigenvalue weighted by molar-refractivity contribution is 0.0719. The Balaban J connectivity index is 1.62. The second-order valence-corrected chi connectivity index (χ2v) is 5.24. The topological polar surface area (TPSA) is 51.9 Å². The van der Waals surface area contributed by atoms with Gasteiger partial charge < -0.3 is 18.8 Å². The largest absolute Gasteiger partial charge is 0.467 e. The molecule has 1 amide bonds. The lowest BCUT2D eigenvalue weighted by Crippen LogP contribution is -2.30. The highest BCUT2D eigenvalue weighted by atomic mass is 16.7. The van der Waals surface area contributed by atoms with Crippen LogP contribution in [0.5, 0.6) is 11.5 Å². The summed E-state index contributed by atoms with van der Waals surface area (Å²) in [6, 6.07) is 9.13. The molecule has 1 saturated heterocycles. The summed E-state index contributed by atoms with van der Waals surface area (Å²) < 4.78 is 16.1. The van der Waals surface area contributed by atoms with Crippen LogP contribution in [0.2, 0.25) is 0 Å². The van der Waals surface area contributed by atoms with Gasteiger partial charge in [-0.05, 0) is 43.2 Å². The van der Waals surface area contributed by atoms with Crippen LogP contribution in [0, 0.1) is 0 Å². The standard InChI is InChI=1S/C16H15NO4/c18-16(11-5-6-14-15(9-11)21-10-20-14)17-7-1-3-12(17)13-4-2-8-19-13/h2,4-6,8-9,12H,1,3,7,10H2/t12-/m0/s1. The predicted octanol–water partition coefficient (Wildman–Crippen LogP) is 2.99. The summed E-state index contributed by atoms with van der Waals surface area (Å²) in [4.78, 5) is 14.6. The normalized spacial score (nSPS) is 20.0. The summed E-state index contributed by atoms with van der Waals surface area (Å²) in [7, 11) is 0. The zero-order valence-corrected chi connectivity index (χ0v) is 11.5. The molecule has 1 aromatic carbocycles. The molecule has 1 aromatic heterocycles. The van der Waals surface area contributed by atoms with Crippen LogP contribution in [-0.2, 0) is 0 Å². The first-order valence-electron chi connectivity index (χ1n) is 7.07. The number of ether oxygens (including phenoxy) is 2. The maximum absolute atomic E-state index is 12.7. The SMILES string of the molecule is O=C(c1ccc2c(c1)OCO2)N1CCC[C@H]1c1ccco1. The van der Waals surface area contributed by atoms with E-state index in [0.717, 1.165) is 25.1 Å². The van der Waals surface area contributed by atoms with Crippen molar-refractivity contribution in [2.75, 3.05) is 13.3 Å². The van der Waals surface area contributed by atoms with Gasteiger partial charge in [0.25, 0.3) is 5.91 Å². The van der Waals surface area contributed by atoms with E-state index in [-0.39, 0.29) is 18.7 Å². The van der Waals surface area contributed by atoms with E-state index in [4.69, 9.17) is 13.9 Å². The maximum Gasteiger partial charge on any atom is 0.254 e. The Hall–Kier alpha value is -2.43. The van der Waals surface area contributed by atoms with Crippen molar-refractivity contribution in [2.45, 2.75) is 18.9 Å². The molecule has 21 heavy (non-hydrogen) atoms. The molecule has 108 valence electrons. The van der Waals surface area contributed by atoms with Gasteiger partial charge in [-0.15, -0.1) is 0 Å². The van der Waals surface area contributed by atoms with Gasteiger partial charge >= 0.3 is 0 Å². The second-order valence-electron chi connectivity index (χ2n) is 5.24. The summed E-state index contributed by atoms with van der Waals surface area (Å²) in [5, 5.41) is 0. The average molecular weight is 285 g/mol. The molecule has 3 heterocycles. The third-order valence-corrected chi connectivity index (χ3v) is 4.00. The van der Waals surface area contributed by atoms with Crippen LogP contribution in [0.1, 0.15) is 35.0 Å². The fraction of sp³-hybridized carbons (Fsp3) is 0.312. The fourth-order valence-electron chi connectivity index (χ4n) is 2.98. The van der Waals surface area contributed by atoms with E-state index >= 15 is 0 Å². The molecule has 5 heteroatoms. The van der Waals surface area contributed by atoms with Gasteiger partial charge in [0.1, 0.15) is 5.76 Å². The molecule has 0 N–H and O–H groups in total. The molecule has 0 spiro atoms. The molecule has 0 bridgehead atoms. The first-order valence-corrected chi connectivity index (χ1v) is 7.07. The van der Waals surface area contributed by atoms with Crippen molar-refractivity contribution >= 4 is 5.91 Å². The van der Waals surface area contributed by atoms with Gasteiger partial charge in [0, 0.05) is 12.1 Å². The Bertz CT molecular complexity index is 665. The summed E-state index contributed by atoms with van der Waals surface area (Å²) in [6.07, 6.45) is 3.57. The number of likely N-dealkylation sites (tertiary alicyclic amines) is 1. The van der Waals surface area contributed by atoms with Crippen LogP contribution in [-0.4, -0.2) is 24.1 Å². The quantitative estimate of drug-likeness (QED) is 0.851. The molecule has 2 aliphatic rings. The van der Waals surface area contributed by atoms with E-state index in [0.29, 0.717) is 17.1 Å². The maximum atomic E-state index is 12.7. The number of benzene rings is 1. The van der Waals surface area contributed by atoms with Crippen LogP contribution in [0.25, 0.3) is 0 Å². The number of hydrogen-bond donors (Lipinski definition) is 0. The van der Waals surface area contributed by atoms with Gasteiger partial charge in [-0.1, -0.05) is 0 Å². The predicted molar refractivity (Wildman–Crippen MR) is 74.3 cm³/mol. The van der Waals surface area contributed by atoms with Crippen molar-refractivity contribution in [1.82, 2.24) is 4.90 Å². The zero-order chi connectivity index (χ0) is 14.2. The molecule has 0 radical (unpaired) electrons. The van der Waals surface area contributed by atoms with E-state index in [1.165, 1.54) is 0 Å². The molecule has 5 nitrogen and oxygen atoms in total. The van der Waals surface area contributed by atoms with Crippen molar-refractivity contribution in [3.05, 3.63) is 47.9 Å². The van der Waals surface area contributed by atoms with Crippen molar-refractivity contribution < 1.29 is 18.7 Å². The lowest BCUT2D eigenvalue weighted by Gasteiger charge is -2.23. The molecule has 2 aromatic rings. The molecular formula is C16H15NO4. The molecule has 1 fully saturated rings. The van der Waals surface area contributed by atoms with Crippen LogP contribution in [0.4, 0.5) is 0 Å². The minimum atomic E-state index is 0.00667. The number of amides is 1. The Labute approximate surface area is 122 Å². The van der Waals surface area contributed by atoms with Crippen molar-refractivity contribution in [1.29, 1.82) is 0 Å². The van der Waals surface area contributed by atoms with E-state index in [2.05, 4.69) is 0 Å². The van der Waals surface area contributed by atoms with Crippen LogP contribution in [0.3, 0.4) is 0 Å². The lowest BCUT2D eigenvalue weighted by atomic mass is 10.1. The second kappa shape index (κ2) is 4.84. The molecular weight excluding hydrogens is 270 g/mol. The molecule has 0 saturated carbocycles. The van der Waals surface area contributed by atoms with Gasteiger partial charge in [-0.25, -0.2) is 0 Å². The van der Waals surface area contributed by atoms with Crippen molar-refractivity contribution in [2.24, 2.45) is 0 Å². The number of fused-ring (bicyclic) bond motifs is 1. The van der Waals surface area contributed by atoms with Gasteiger partial charge in [-0.2, -0.15) is 0 Å². The smallest absolute Gasteiger partial charge is 0.254 e. The number of furan rings is 1. The van der Waals surface area contributed by atoms with Gasteiger partial charge in [0.05, 0.1) is 12.3 Å².